The van der Waals surface area contributed by atoms with Crippen molar-refractivity contribution in [2.24, 2.45) is 0 Å². The maximum Gasteiger partial charge on any atom is 0.261 e. The van der Waals surface area contributed by atoms with E-state index in [4.69, 9.17) is 4.74 Å². The number of nitrogens with zero attached hydrogens (tertiary/aromatic N) is 3. The third kappa shape index (κ3) is 2.89. The van der Waals surface area contributed by atoms with Gasteiger partial charge in [0.15, 0.2) is 6.61 Å². The van der Waals surface area contributed by atoms with E-state index in [0.29, 0.717) is 5.88 Å². The van der Waals surface area contributed by atoms with Gasteiger partial charge in [-0.25, -0.2) is 9.97 Å². The zero-order chi connectivity index (χ0) is 15.5. The lowest BCUT2D eigenvalue weighted by atomic mass is 9.97. The van der Waals surface area contributed by atoms with Gasteiger partial charge in [0.1, 0.15) is 6.33 Å². The van der Waals surface area contributed by atoms with Crippen LogP contribution in [0.4, 0.5) is 0 Å². The quantitative estimate of drug-likeness (QED) is 0.874. The Balaban J connectivity index is 1.72. The zero-order valence-electron chi connectivity index (χ0n) is 13.0. The molecule has 0 radical (unpaired) electrons. The normalized spacial score (nSPS) is 21.8. The van der Waals surface area contributed by atoms with Crippen molar-refractivity contribution in [2.75, 3.05) is 6.61 Å². The summed E-state index contributed by atoms with van der Waals surface area (Å²) in [4.78, 5) is 22.8. The molecule has 0 N–H and O–H groups in total. The minimum atomic E-state index is 0.0235. The molecule has 0 bridgehead atoms. The van der Waals surface area contributed by atoms with Crippen molar-refractivity contribution in [3.8, 4) is 5.88 Å². The number of rotatable bonds is 3. The van der Waals surface area contributed by atoms with Crippen molar-refractivity contribution in [3.63, 3.8) is 0 Å². The van der Waals surface area contributed by atoms with Crippen LogP contribution < -0.4 is 4.74 Å². The maximum atomic E-state index is 12.5. The topological polar surface area (TPSA) is 55.3 Å². The molecule has 1 saturated heterocycles. The average Bonchev–Trinajstić information content (AvgIpc) is 2.52. The van der Waals surface area contributed by atoms with E-state index < -0.39 is 0 Å². The number of piperidine rings is 1. The molecule has 22 heavy (non-hydrogen) atoms. The van der Waals surface area contributed by atoms with Crippen LogP contribution in [-0.4, -0.2) is 39.5 Å². The molecule has 0 saturated carbocycles. The van der Waals surface area contributed by atoms with E-state index in [1.54, 1.807) is 0 Å². The Bertz CT molecular complexity index is 659. The number of amides is 1. The van der Waals surface area contributed by atoms with Crippen molar-refractivity contribution >= 4 is 16.8 Å². The van der Waals surface area contributed by atoms with Gasteiger partial charge in [-0.2, -0.15) is 0 Å². The van der Waals surface area contributed by atoms with Crippen LogP contribution in [0.5, 0.6) is 5.88 Å². The van der Waals surface area contributed by atoms with E-state index in [1.807, 2.05) is 29.2 Å². The molecular formula is C17H21N3O2. The monoisotopic (exact) mass is 299 g/mol. The number of likely N-dealkylation sites (tertiary alicyclic amines) is 1. The van der Waals surface area contributed by atoms with Crippen molar-refractivity contribution in [1.82, 2.24) is 14.9 Å². The Labute approximate surface area is 130 Å². The van der Waals surface area contributed by atoms with Gasteiger partial charge in [0.2, 0.25) is 5.88 Å². The maximum absolute atomic E-state index is 12.5. The lowest BCUT2D eigenvalue weighted by molar-refractivity contribution is -0.139. The first-order valence-electron chi connectivity index (χ1n) is 7.80. The second-order valence-corrected chi connectivity index (χ2v) is 5.91. The van der Waals surface area contributed by atoms with Crippen molar-refractivity contribution < 1.29 is 9.53 Å². The molecule has 0 aliphatic carbocycles. The van der Waals surface area contributed by atoms with Crippen molar-refractivity contribution in [3.05, 3.63) is 30.6 Å². The van der Waals surface area contributed by atoms with Crippen LogP contribution in [0.2, 0.25) is 0 Å². The summed E-state index contributed by atoms with van der Waals surface area (Å²) in [5.74, 6) is 0.499. The van der Waals surface area contributed by atoms with Crippen LogP contribution in [-0.2, 0) is 4.79 Å². The van der Waals surface area contributed by atoms with E-state index in [9.17, 15) is 4.79 Å². The van der Waals surface area contributed by atoms with Gasteiger partial charge in [0.05, 0.1) is 10.9 Å². The Morgan fingerprint density at radius 3 is 2.73 bits per heavy atom. The molecule has 2 heterocycles. The molecule has 0 spiro atoms. The molecule has 5 heteroatoms. The van der Waals surface area contributed by atoms with Crippen LogP contribution in [0.3, 0.4) is 0 Å². The summed E-state index contributed by atoms with van der Waals surface area (Å²) in [6, 6.07) is 8.20. The summed E-state index contributed by atoms with van der Waals surface area (Å²) in [6.45, 7) is 4.23. The predicted molar refractivity (Wildman–Crippen MR) is 84.7 cm³/mol. The van der Waals surface area contributed by atoms with Gasteiger partial charge in [0.25, 0.3) is 5.91 Å². The Kier molecular flexibility index (Phi) is 4.22. The molecule has 2 aromatic rings. The number of para-hydroxylation sites is 1. The van der Waals surface area contributed by atoms with E-state index in [2.05, 4.69) is 23.8 Å². The molecular weight excluding hydrogens is 278 g/mol. The fourth-order valence-electron chi connectivity index (χ4n) is 3.21. The Morgan fingerprint density at radius 2 is 1.95 bits per heavy atom. The van der Waals surface area contributed by atoms with Gasteiger partial charge in [-0.15, -0.1) is 0 Å². The highest BCUT2D eigenvalue weighted by Crippen LogP contribution is 2.24. The van der Waals surface area contributed by atoms with Crippen LogP contribution in [0.15, 0.2) is 30.6 Å². The standard InChI is InChI=1S/C17H21N3O2/c1-12-6-5-7-13(2)20(12)16(21)10-22-17-14-8-3-4-9-15(14)18-11-19-17/h3-4,8-9,11-13H,5-7,10H2,1-2H3/t12-,13-/m0/s1. The van der Waals surface area contributed by atoms with Gasteiger partial charge in [-0.05, 0) is 45.2 Å². The fourth-order valence-corrected chi connectivity index (χ4v) is 3.21. The fraction of sp³-hybridized carbons (Fsp3) is 0.471. The molecule has 1 aliphatic rings. The van der Waals surface area contributed by atoms with Gasteiger partial charge in [-0.3, -0.25) is 4.79 Å². The van der Waals surface area contributed by atoms with E-state index in [-0.39, 0.29) is 24.6 Å². The Morgan fingerprint density at radius 1 is 1.23 bits per heavy atom. The highest BCUT2D eigenvalue weighted by molar-refractivity contribution is 5.84. The minimum absolute atomic E-state index is 0.0235. The number of hydrogen-bond acceptors (Lipinski definition) is 4. The summed E-state index contributed by atoms with van der Waals surface area (Å²) in [7, 11) is 0. The molecule has 3 rings (SSSR count). The second-order valence-electron chi connectivity index (χ2n) is 5.91. The molecule has 1 aromatic heterocycles. The number of ether oxygens (including phenoxy) is 1. The third-order valence-electron chi connectivity index (χ3n) is 4.32. The lowest BCUT2D eigenvalue weighted by Crippen LogP contribution is -2.49. The Hall–Kier alpha value is -2.17. The molecule has 116 valence electrons. The average molecular weight is 299 g/mol. The molecule has 1 fully saturated rings. The van der Waals surface area contributed by atoms with Crippen LogP contribution >= 0.6 is 0 Å². The SMILES string of the molecule is C[C@H]1CCC[C@H](C)N1C(=O)COc1ncnc2ccccc12. The van der Waals surface area contributed by atoms with E-state index in [0.717, 1.165) is 23.7 Å². The number of benzene rings is 1. The molecule has 5 nitrogen and oxygen atoms in total. The molecule has 1 aliphatic heterocycles. The third-order valence-corrected chi connectivity index (χ3v) is 4.32. The lowest BCUT2D eigenvalue weighted by Gasteiger charge is -2.38. The highest BCUT2D eigenvalue weighted by Gasteiger charge is 2.29. The largest absolute Gasteiger partial charge is 0.467 e. The number of carbonyl (C=O) groups excluding carboxylic acids is 1. The van der Waals surface area contributed by atoms with Crippen LogP contribution in [0.1, 0.15) is 33.1 Å². The van der Waals surface area contributed by atoms with Crippen LogP contribution in [0.25, 0.3) is 10.9 Å². The van der Waals surface area contributed by atoms with Gasteiger partial charge >= 0.3 is 0 Å². The summed E-state index contributed by atoms with van der Waals surface area (Å²) >= 11 is 0. The molecule has 0 unspecified atom stereocenters. The van der Waals surface area contributed by atoms with Gasteiger partial charge in [-0.1, -0.05) is 12.1 Å². The molecule has 1 amide bonds. The van der Waals surface area contributed by atoms with Crippen LogP contribution in [0, 0.1) is 0 Å². The second kappa shape index (κ2) is 6.30. The summed E-state index contributed by atoms with van der Waals surface area (Å²) < 4.78 is 5.69. The number of fused-ring (bicyclic) bond motifs is 1. The number of hydrogen-bond donors (Lipinski definition) is 0. The van der Waals surface area contributed by atoms with Crippen molar-refractivity contribution in [1.29, 1.82) is 0 Å². The molecule has 1 aromatic carbocycles. The van der Waals surface area contributed by atoms with E-state index >= 15 is 0 Å². The molecule has 2 atom stereocenters. The first-order valence-corrected chi connectivity index (χ1v) is 7.80. The summed E-state index contributed by atoms with van der Waals surface area (Å²) in [6.07, 6.45) is 4.77. The minimum Gasteiger partial charge on any atom is -0.467 e. The van der Waals surface area contributed by atoms with Gasteiger partial charge < -0.3 is 9.64 Å². The summed E-state index contributed by atoms with van der Waals surface area (Å²) in [5.41, 5.74) is 0.819. The van der Waals surface area contributed by atoms with Crippen molar-refractivity contribution in [2.45, 2.75) is 45.2 Å². The zero-order valence-corrected chi connectivity index (χ0v) is 13.0. The first kappa shape index (κ1) is 14.8. The number of carbonyl (C=O) groups is 1. The van der Waals surface area contributed by atoms with Gasteiger partial charge in [0, 0.05) is 12.1 Å². The predicted octanol–water partition coefficient (Wildman–Crippen LogP) is 2.80. The first-order chi connectivity index (χ1) is 10.7. The smallest absolute Gasteiger partial charge is 0.261 e. The van der Waals surface area contributed by atoms with E-state index in [1.165, 1.54) is 12.7 Å². The summed E-state index contributed by atoms with van der Waals surface area (Å²) in [5, 5.41) is 0.831. The number of aromatic nitrogens is 2. The highest BCUT2D eigenvalue weighted by atomic mass is 16.5.